The molecule has 2 heteroatoms. The Morgan fingerprint density at radius 2 is 1.25 bits per heavy atom. The summed E-state index contributed by atoms with van der Waals surface area (Å²) in [6.45, 7) is 8.77. The van der Waals surface area contributed by atoms with Crippen molar-refractivity contribution in [2.75, 3.05) is 6.61 Å². The molecule has 0 saturated carbocycles. The van der Waals surface area contributed by atoms with Crippen LogP contribution >= 0.6 is 0 Å². The highest BCUT2D eigenvalue weighted by molar-refractivity contribution is 5.55. The summed E-state index contributed by atoms with van der Waals surface area (Å²) >= 11 is 0. The molecule has 0 aliphatic rings. The fourth-order valence-electron chi connectivity index (χ4n) is 3.67. The maximum atomic E-state index is 10.8. The van der Waals surface area contributed by atoms with Gasteiger partial charge >= 0.3 is 0 Å². The van der Waals surface area contributed by atoms with Crippen LogP contribution in [0.3, 0.4) is 0 Å². The second kappa shape index (κ2) is 8.02. The molecule has 0 amide bonds. The second-order valence-electron chi connectivity index (χ2n) is 8.13. The first-order valence-electron chi connectivity index (χ1n) is 9.61. The summed E-state index contributed by atoms with van der Waals surface area (Å²) < 4.78 is 5.74. The number of ether oxygens (including phenoxy) is 1. The molecule has 0 bridgehead atoms. The highest BCUT2D eigenvalue weighted by Crippen LogP contribution is 2.41. The molecule has 0 aliphatic carbocycles. The lowest BCUT2D eigenvalue weighted by Crippen LogP contribution is -2.24. The first-order chi connectivity index (χ1) is 13.4. The van der Waals surface area contributed by atoms with Gasteiger partial charge in [0.05, 0.1) is 0 Å². The summed E-state index contributed by atoms with van der Waals surface area (Å²) in [5.74, 6) is 0.727. The Labute approximate surface area is 168 Å². The Bertz CT molecular complexity index is 925. The maximum absolute atomic E-state index is 10.8. The van der Waals surface area contributed by atoms with Crippen molar-refractivity contribution in [2.24, 2.45) is 0 Å². The first kappa shape index (κ1) is 19.9. The monoisotopic (exact) mass is 371 g/mol. The van der Waals surface area contributed by atoms with E-state index in [1.807, 2.05) is 24.5 Å². The lowest BCUT2D eigenvalue weighted by Gasteiger charge is -2.32. The fourth-order valence-corrected chi connectivity index (χ4v) is 3.67. The maximum Gasteiger partial charge on any atom is 0.239 e. The van der Waals surface area contributed by atoms with E-state index in [4.69, 9.17) is 4.74 Å². The molecule has 0 fully saturated rings. The van der Waals surface area contributed by atoms with E-state index in [2.05, 4.69) is 88.4 Å². The molecule has 0 aliphatic heterocycles. The summed E-state index contributed by atoms with van der Waals surface area (Å²) in [5, 5.41) is 0. The van der Waals surface area contributed by atoms with Gasteiger partial charge in [-0.3, -0.25) is 4.79 Å². The smallest absolute Gasteiger partial charge is 0.239 e. The van der Waals surface area contributed by atoms with Crippen LogP contribution in [0.2, 0.25) is 0 Å². The molecule has 3 rings (SSSR count). The predicted octanol–water partition coefficient (Wildman–Crippen LogP) is 5.83. The average molecular weight is 372 g/mol. The molecule has 28 heavy (non-hydrogen) atoms. The van der Waals surface area contributed by atoms with E-state index in [0.29, 0.717) is 0 Å². The summed E-state index contributed by atoms with van der Waals surface area (Å²) in [7, 11) is 0. The van der Waals surface area contributed by atoms with Crippen LogP contribution in [-0.4, -0.2) is 12.9 Å². The lowest BCUT2D eigenvalue weighted by atomic mass is 9.73. The van der Waals surface area contributed by atoms with Crippen molar-refractivity contribution in [3.8, 4) is 5.75 Å². The Morgan fingerprint density at radius 3 is 1.79 bits per heavy atom. The Kier molecular flexibility index (Phi) is 5.69. The minimum atomic E-state index is -0.276. The molecule has 0 aromatic heterocycles. The molecule has 1 radical (unpaired) electrons. The van der Waals surface area contributed by atoms with Gasteiger partial charge in [0.25, 0.3) is 0 Å². The van der Waals surface area contributed by atoms with Crippen molar-refractivity contribution in [3.05, 3.63) is 101 Å². The highest BCUT2D eigenvalue weighted by atomic mass is 16.5. The number of carbonyl (C=O) groups excluding carboxylic acids is 1. The Morgan fingerprint density at radius 1 is 0.714 bits per heavy atom. The largest absolute Gasteiger partial charge is 0.485 e. The molecule has 0 spiro atoms. The van der Waals surface area contributed by atoms with Gasteiger partial charge in [0.2, 0.25) is 6.29 Å². The highest BCUT2D eigenvalue weighted by Gasteiger charge is 2.30. The number of benzene rings is 3. The van der Waals surface area contributed by atoms with Gasteiger partial charge in [0.1, 0.15) is 5.75 Å². The third-order valence-corrected chi connectivity index (χ3v) is 5.65. The summed E-state index contributed by atoms with van der Waals surface area (Å²) in [4.78, 5) is 10.8. The molecule has 0 unspecified atom stereocenters. The van der Waals surface area contributed by atoms with Crippen molar-refractivity contribution < 1.29 is 9.53 Å². The Hall–Kier alpha value is -2.87. The van der Waals surface area contributed by atoms with E-state index in [1.54, 1.807) is 0 Å². The molecule has 143 valence electrons. The van der Waals surface area contributed by atoms with Crippen LogP contribution in [0.4, 0.5) is 0 Å². The summed E-state index contributed by atoms with van der Waals surface area (Å²) in [5.41, 5.74) is 4.30. The molecule has 0 N–H and O–H groups in total. The molecular weight excluding hydrogens is 344 g/mol. The minimum absolute atomic E-state index is 0.0701. The Balaban J connectivity index is 2.14. The molecule has 0 atom stereocenters. The van der Waals surface area contributed by atoms with Gasteiger partial charge in [0, 0.05) is 16.4 Å². The third kappa shape index (κ3) is 3.87. The molecule has 3 aromatic carbocycles. The van der Waals surface area contributed by atoms with E-state index in [0.717, 1.165) is 11.3 Å². The zero-order valence-corrected chi connectivity index (χ0v) is 17.0. The minimum Gasteiger partial charge on any atom is -0.485 e. The number of hydrogen-bond acceptors (Lipinski definition) is 2. The van der Waals surface area contributed by atoms with Crippen molar-refractivity contribution in [3.63, 3.8) is 0 Å². The SMILES string of the molecule is CC(C)(c1ccccc1)c1ccc(OC[C]=O)c(C(C)(C)c2ccccc2)c1. The molecule has 3 aromatic rings. The van der Waals surface area contributed by atoms with Gasteiger partial charge in [0.15, 0.2) is 6.61 Å². The third-order valence-electron chi connectivity index (χ3n) is 5.65. The lowest BCUT2D eigenvalue weighted by molar-refractivity contribution is 0.355. The van der Waals surface area contributed by atoms with Crippen LogP contribution in [0.25, 0.3) is 0 Å². The zero-order valence-electron chi connectivity index (χ0n) is 17.0. The van der Waals surface area contributed by atoms with Crippen molar-refractivity contribution in [1.29, 1.82) is 0 Å². The van der Waals surface area contributed by atoms with Crippen LogP contribution in [0.1, 0.15) is 49.9 Å². The number of rotatable bonds is 7. The quantitative estimate of drug-likeness (QED) is 0.522. The van der Waals surface area contributed by atoms with E-state index in [-0.39, 0.29) is 17.4 Å². The zero-order chi connectivity index (χ0) is 20.2. The standard InChI is InChI=1S/C26H27O2/c1-25(2,20-11-7-5-8-12-20)22-15-16-24(28-18-17-27)23(19-22)26(3,4)21-13-9-6-10-14-21/h5-16,19H,18H2,1-4H3. The van der Waals surface area contributed by atoms with Crippen LogP contribution < -0.4 is 4.74 Å². The average Bonchev–Trinajstić information content (AvgIpc) is 2.73. The van der Waals surface area contributed by atoms with E-state index in [1.165, 1.54) is 16.7 Å². The van der Waals surface area contributed by atoms with Crippen LogP contribution in [0.15, 0.2) is 78.9 Å². The second-order valence-corrected chi connectivity index (χ2v) is 8.13. The fraction of sp³-hybridized carbons (Fsp3) is 0.269. The predicted molar refractivity (Wildman–Crippen MR) is 115 cm³/mol. The summed E-state index contributed by atoms with van der Waals surface area (Å²) in [6, 6.07) is 27.2. The van der Waals surface area contributed by atoms with E-state index >= 15 is 0 Å². The van der Waals surface area contributed by atoms with Crippen LogP contribution in [0, 0.1) is 0 Å². The first-order valence-corrected chi connectivity index (χ1v) is 9.61. The van der Waals surface area contributed by atoms with E-state index < -0.39 is 0 Å². The van der Waals surface area contributed by atoms with Crippen LogP contribution in [-0.2, 0) is 15.6 Å². The molecule has 2 nitrogen and oxygen atoms in total. The van der Waals surface area contributed by atoms with Gasteiger partial charge in [-0.25, -0.2) is 0 Å². The molecule has 0 heterocycles. The van der Waals surface area contributed by atoms with E-state index in [9.17, 15) is 4.79 Å². The molecular formula is C26H27O2. The normalized spacial score (nSPS) is 11.9. The summed E-state index contributed by atoms with van der Waals surface area (Å²) in [6.07, 6.45) is 1.83. The van der Waals surface area contributed by atoms with Crippen molar-refractivity contribution in [1.82, 2.24) is 0 Å². The van der Waals surface area contributed by atoms with Gasteiger partial charge in [-0.1, -0.05) is 100 Å². The van der Waals surface area contributed by atoms with Gasteiger partial charge in [-0.05, 0) is 22.8 Å². The van der Waals surface area contributed by atoms with Crippen molar-refractivity contribution in [2.45, 2.75) is 38.5 Å². The topological polar surface area (TPSA) is 26.3 Å². The van der Waals surface area contributed by atoms with Gasteiger partial charge in [-0.2, -0.15) is 0 Å². The number of hydrogen-bond donors (Lipinski definition) is 0. The van der Waals surface area contributed by atoms with Gasteiger partial charge < -0.3 is 4.74 Å². The van der Waals surface area contributed by atoms with Crippen molar-refractivity contribution >= 4 is 6.29 Å². The van der Waals surface area contributed by atoms with Crippen LogP contribution in [0.5, 0.6) is 5.75 Å². The molecule has 0 saturated heterocycles. The van der Waals surface area contributed by atoms with Gasteiger partial charge in [-0.15, -0.1) is 0 Å².